The Hall–Kier alpha value is -2.26. The summed E-state index contributed by atoms with van der Waals surface area (Å²) < 4.78 is 33.6. The molecule has 1 amide bonds. The molecule has 0 unspecified atom stereocenters. The van der Waals surface area contributed by atoms with Crippen LogP contribution >= 0.6 is 34.5 Å². The number of likely N-dealkylation sites (N-methyl/N-ethyl adjacent to an activating group) is 1. The fourth-order valence-electron chi connectivity index (χ4n) is 2.92. The normalized spacial score (nSPS) is 11.2. The first-order chi connectivity index (χ1) is 14.7. The van der Waals surface area contributed by atoms with E-state index in [-0.39, 0.29) is 26.5 Å². The molecule has 0 aliphatic rings. The van der Waals surface area contributed by atoms with E-state index in [0.29, 0.717) is 12.3 Å². The third-order valence-electron chi connectivity index (χ3n) is 4.52. The zero-order chi connectivity index (χ0) is 22.6. The number of rotatable bonds is 8. The van der Waals surface area contributed by atoms with Gasteiger partial charge in [0.2, 0.25) is 5.91 Å². The monoisotopic (exact) mass is 498 g/mol. The maximum Gasteiger partial charge on any atom is 0.266 e. The SMILES string of the molecule is COc1ccccc1N(CC(=O)N(C)Cc1ccsc1)S(=O)(=O)c1cc(Cl)ccc1Cl. The lowest BCUT2D eigenvalue weighted by Crippen LogP contribution is -2.41. The van der Waals surface area contributed by atoms with Crippen LogP contribution in [0.15, 0.2) is 64.2 Å². The van der Waals surface area contributed by atoms with Crippen LogP contribution < -0.4 is 9.04 Å². The van der Waals surface area contributed by atoms with Crippen molar-refractivity contribution >= 4 is 56.2 Å². The van der Waals surface area contributed by atoms with Gasteiger partial charge in [0.15, 0.2) is 0 Å². The minimum atomic E-state index is -4.24. The van der Waals surface area contributed by atoms with Crippen LogP contribution in [-0.4, -0.2) is 39.9 Å². The van der Waals surface area contributed by atoms with E-state index in [1.165, 1.54) is 41.5 Å². The number of para-hydroxylation sites is 2. The number of hydrogen-bond acceptors (Lipinski definition) is 5. The molecule has 0 bridgehead atoms. The van der Waals surface area contributed by atoms with E-state index in [1.54, 1.807) is 31.3 Å². The van der Waals surface area contributed by atoms with E-state index in [4.69, 9.17) is 27.9 Å². The van der Waals surface area contributed by atoms with Crippen LogP contribution in [0.25, 0.3) is 0 Å². The van der Waals surface area contributed by atoms with Gasteiger partial charge in [-0.1, -0.05) is 35.3 Å². The number of methoxy groups -OCH3 is 1. The van der Waals surface area contributed by atoms with E-state index in [1.807, 2.05) is 16.8 Å². The number of thiophene rings is 1. The average molecular weight is 499 g/mol. The third kappa shape index (κ3) is 5.33. The van der Waals surface area contributed by atoms with Crippen molar-refractivity contribution in [2.75, 3.05) is 25.0 Å². The van der Waals surface area contributed by atoms with E-state index < -0.39 is 16.6 Å². The molecule has 0 atom stereocenters. The van der Waals surface area contributed by atoms with E-state index in [2.05, 4.69) is 0 Å². The maximum atomic E-state index is 13.6. The number of ether oxygens (including phenoxy) is 1. The Morgan fingerprint density at radius 1 is 1.13 bits per heavy atom. The third-order valence-corrected chi connectivity index (χ3v) is 7.73. The highest BCUT2D eigenvalue weighted by Crippen LogP contribution is 2.35. The second-order valence-electron chi connectivity index (χ2n) is 6.64. The van der Waals surface area contributed by atoms with Crippen molar-refractivity contribution < 1.29 is 17.9 Å². The molecule has 0 fully saturated rings. The van der Waals surface area contributed by atoms with Crippen molar-refractivity contribution in [2.24, 2.45) is 0 Å². The highest BCUT2D eigenvalue weighted by atomic mass is 35.5. The number of nitrogens with zero attached hydrogens (tertiary/aromatic N) is 2. The van der Waals surface area contributed by atoms with Crippen LogP contribution in [0.3, 0.4) is 0 Å². The molecule has 1 aromatic heterocycles. The van der Waals surface area contributed by atoms with E-state index >= 15 is 0 Å². The van der Waals surface area contributed by atoms with Gasteiger partial charge in [-0.05, 0) is 52.7 Å². The number of benzene rings is 2. The van der Waals surface area contributed by atoms with Crippen LogP contribution in [-0.2, 0) is 21.4 Å². The molecular weight excluding hydrogens is 479 g/mol. The molecule has 0 saturated carbocycles. The van der Waals surface area contributed by atoms with Gasteiger partial charge in [0.05, 0.1) is 17.8 Å². The first kappa shape index (κ1) is 23.4. The predicted molar refractivity (Wildman–Crippen MR) is 125 cm³/mol. The quantitative estimate of drug-likeness (QED) is 0.442. The Balaban J connectivity index is 2.03. The zero-order valence-corrected chi connectivity index (χ0v) is 19.9. The molecule has 0 radical (unpaired) electrons. The van der Waals surface area contributed by atoms with Crippen molar-refractivity contribution in [2.45, 2.75) is 11.4 Å². The van der Waals surface area contributed by atoms with Gasteiger partial charge < -0.3 is 9.64 Å². The summed E-state index contributed by atoms with van der Waals surface area (Å²) in [4.78, 5) is 14.3. The number of anilines is 1. The summed E-state index contributed by atoms with van der Waals surface area (Å²) in [5, 5.41) is 4.07. The van der Waals surface area contributed by atoms with Crippen LogP contribution in [0.2, 0.25) is 10.0 Å². The molecule has 3 rings (SSSR count). The molecule has 0 saturated heterocycles. The molecule has 0 spiro atoms. The summed E-state index contributed by atoms with van der Waals surface area (Å²) >= 11 is 13.7. The van der Waals surface area contributed by atoms with Gasteiger partial charge in [-0.25, -0.2) is 8.42 Å². The molecule has 0 N–H and O–H groups in total. The molecule has 3 aromatic rings. The number of sulfonamides is 1. The van der Waals surface area contributed by atoms with Gasteiger partial charge in [-0.2, -0.15) is 11.3 Å². The van der Waals surface area contributed by atoms with Gasteiger partial charge in [0, 0.05) is 18.6 Å². The lowest BCUT2D eigenvalue weighted by Gasteiger charge is -2.28. The van der Waals surface area contributed by atoms with Gasteiger partial charge in [-0.15, -0.1) is 0 Å². The van der Waals surface area contributed by atoms with Crippen molar-refractivity contribution in [3.8, 4) is 5.75 Å². The molecule has 10 heteroatoms. The van der Waals surface area contributed by atoms with Gasteiger partial charge >= 0.3 is 0 Å². The highest BCUT2D eigenvalue weighted by molar-refractivity contribution is 7.93. The lowest BCUT2D eigenvalue weighted by atomic mass is 10.3. The van der Waals surface area contributed by atoms with Gasteiger partial charge in [0.25, 0.3) is 10.0 Å². The number of carbonyl (C=O) groups excluding carboxylic acids is 1. The highest BCUT2D eigenvalue weighted by Gasteiger charge is 2.32. The second kappa shape index (κ2) is 9.91. The van der Waals surface area contributed by atoms with E-state index in [0.717, 1.165) is 9.87 Å². The largest absolute Gasteiger partial charge is 0.495 e. The molecule has 31 heavy (non-hydrogen) atoms. The maximum absolute atomic E-state index is 13.6. The Kier molecular flexibility index (Phi) is 7.48. The molecule has 0 aliphatic heterocycles. The molecule has 164 valence electrons. The zero-order valence-electron chi connectivity index (χ0n) is 16.8. The fraction of sp³-hybridized carbons (Fsp3) is 0.190. The van der Waals surface area contributed by atoms with Crippen molar-refractivity contribution in [3.63, 3.8) is 0 Å². The Morgan fingerprint density at radius 3 is 2.55 bits per heavy atom. The number of amides is 1. The van der Waals surface area contributed by atoms with Crippen LogP contribution in [0, 0.1) is 0 Å². The fourth-order valence-corrected chi connectivity index (χ4v) is 5.74. The topological polar surface area (TPSA) is 66.9 Å². The summed E-state index contributed by atoms with van der Waals surface area (Å²) in [6.07, 6.45) is 0. The smallest absolute Gasteiger partial charge is 0.266 e. The van der Waals surface area contributed by atoms with Crippen molar-refractivity contribution in [1.29, 1.82) is 0 Å². The van der Waals surface area contributed by atoms with Crippen LogP contribution in [0.4, 0.5) is 5.69 Å². The summed E-state index contributed by atoms with van der Waals surface area (Å²) in [6, 6.07) is 12.6. The summed E-state index contributed by atoms with van der Waals surface area (Å²) in [5.74, 6) is -0.0867. The number of carbonyl (C=O) groups is 1. The minimum absolute atomic E-state index is 0.00312. The molecule has 0 aliphatic carbocycles. The molecular formula is C21H20Cl2N2O4S2. The lowest BCUT2D eigenvalue weighted by molar-refractivity contribution is -0.128. The molecule has 6 nitrogen and oxygen atoms in total. The Bertz CT molecular complexity index is 1170. The summed E-state index contributed by atoms with van der Waals surface area (Å²) in [5.41, 5.74) is 1.18. The van der Waals surface area contributed by atoms with Crippen molar-refractivity contribution in [3.05, 3.63) is 74.9 Å². The van der Waals surface area contributed by atoms with Crippen molar-refractivity contribution in [1.82, 2.24) is 4.90 Å². The summed E-state index contributed by atoms with van der Waals surface area (Å²) in [7, 11) is -1.18. The molecule has 2 aromatic carbocycles. The number of hydrogen-bond donors (Lipinski definition) is 0. The van der Waals surface area contributed by atoms with Crippen LogP contribution in [0.5, 0.6) is 5.75 Å². The minimum Gasteiger partial charge on any atom is -0.495 e. The standard InChI is InChI=1S/C21H20Cl2N2O4S2/c1-24(12-15-9-10-30-14-15)21(26)13-25(18-5-3-4-6-19(18)29-2)31(27,28)20-11-16(22)7-8-17(20)23/h3-11,14H,12-13H2,1-2H3. The van der Waals surface area contributed by atoms with Gasteiger partial charge in [0.1, 0.15) is 17.2 Å². The first-order valence-electron chi connectivity index (χ1n) is 9.10. The van der Waals surface area contributed by atoms with Crippen LogP contribution in [0.1, 0.15) is 5.56 Å². The first-order valence-corrected chi connectivity index (χ1v) is 12.2. The average Bonchev–Trinajstić information content (AvgIpc) is 3.26. The second-order valence-corrected chi connectivity index (χ2v) is 10.1. The number of halogens is 2. The predicted octanol–water partition coefficient (Wildman–Crippen LogP) is 4.92. The Morgan fingerprint density at radius 2 is 1.87 bits per heavy atom. The summed E-state index contributed by atoms with van der Waals surface area (Å²) in [6.45, 7) is -0.0771. The van der Waals surface area contributed by atoms with E-state index in [9.17, 15) is 13.2 Å². The molecule has 1 heterocycles. The Labute approximate surface area is 195 Å². The van der Waals surface area contributed by atoms with Gasteiger partial charge in [-0.3, -0.25) is 9.10 Å².